The molecule has 30 heavy (non-hydrogen) atoms. The maximum absolute atomic E-state index is 4.55. The molecule has 0 aliphatic carbocycles. The summed E-state index contributed by atoms with van der Waals surface area (Å²) in [4.78, 5) is 2.51. The summed E-state index contributed by atoms with van der Waals surface area (Å²) in [5.41, 5.74) is 6.25. The first kappa shape index (κ1) is 22.1. The van der Waals surface area contributed by atoms with Crippen LogP contribution in [0.25, 0.3) is 17.1 Å². The fraction of sp³-hybridized carbons (Fsp3) is 0.462. The number of aromatic nitrogens is 3. The predicted molar refractivity (Wildman–Crippen MR) is 128 cm³/mol. The Balaban J connectivity index is 2.14. The molecule has 160 valence electrons. The van der Waals surface area contributed by atoms with Crippen LogP contribution in [0.2, 0.25) is 0 Å². The highest BCUT2D eigenvalue weighted by Gasteiger charge is 2.18. The van der Waals surface area contributed by atoms with E-state index in [1.165, 1.54) is 16.8 Å². The monoisotopic (exact) mass is 404 g/mol. The second kappa shape index (κ2) is 9.46. The van der Waals surface area contributed by atoms with Crippen molar-refractivity contribution in [1.82, 2.24) is 14.8 Å². The maximum atomic E-state index is 4.55. The maximum Gasteiger partial charge on any atom is 0.168 e. The summed E-state index contributed by atoms with van der Waals surface area (Å²) >= 11 is 0. The molecule has 3 rings (SSSR count). The fourth-order valence-electron chi connectivity index (χ4n) is 4.05. The zero-order valence-corrected chi connectivity index (χ0v) is 19.6. The van der Waals surface area contributed by atoms with E-state index in [2.05, 4.69) is 104 Å². The molecule has 0 spiro atoms. The molecule has 0 fully saturated rings. The van der Waals surface area contributed by atoms with E-state index in [0.29, 0.717) is 12.0 Å². The molecule has 3 aromatic rings. The lowest BCUT2D eigenvalue weighted by Gasteiger charge is -2.31. The Bertz CT molecular complexity index is 984. The van der Waals surface area contributed by atoms with E-state index < -0.39 is 0 Å². The minimum Gasteiger partial charge on any atom is -0.369 e. The zero-order chi connectivity index (χ0) is 21.8. The summed E-state index contributed by atoms with van der Waals surface area (Å²) in [5.74, 6) is 2.28. The summed E-state index contributed by atoms with van der Waals surface area (Å²) in [5, 5.41) is 8.98. The standard InChI is InChI=1S/C26H36N4/c1-8-15-29(19(5)6)25-17-24(14-13-21(25)9-2)30-20(7)27-28-26(30)23-12-10-11-22(16-23)18(3)4/h10-14,16-19H,8-9,15H2,1-7H3. The molecule has 0 aliphatic heterocycles. The van der Waals surface area contributed by atoms with Gasteiger partial charge >= 0.3 is 0 Å². The number of anilines is 1. The molecular formula is C26H36N4. The lowest BCUT2D eigenvalue weighted by atomic mass is 10.0. The van der Waals surface area contributed by atoms with Gasteiger partial charge in [-0.3, -0.25) is 4.57 Å². The van der Waals surface area contributed by atoms with E-state index in [9.17, 15) is 0 Å². The van der Waals surface area contributed by atoms with Crippen LogP contribution in [0.1, 0.15) is 70.8 Å². The van der Waals surface area contributed by atoms with E-state index in [1.807, 2.05) is 6.92 Å². The summed E-state index contributed by atoms with van der Waals surface area (Å²) in [6, 6.07) is 15.9. The molecule has 4 nitrogen and oxygen atoms in total. The van der Waals surface area contributed by atoms with Crippen molar-refractivity contribution in [1.29, 1.82) is 0 Å². The van der Waals surface area contributed by atoms with Gasteiger partial charge in [-0.25, -0.2) is 0 Å². The fourth-order valence-corrected chi connectivity index (χ4v) is 4.05. The van der Waals surface area contributed by atoms with Crippen LogP contribution in [0.5, 0.6) is 0 Å². The van der Waals surface area contributed by atoms with Gasteiger partial charge in [0, 0.05) is 23.8 Å². The third-order valence-electron chi connectivity index (χ3n) is 5.74. The average molecular weight is 405 g/mol. The van der Waals surface area contributed by atoms with Crippen molar-refractivity contribution in [3.63, 3.8) is 0 Å². The van der Waals surface area contributed by atoms with Crippen LogP contribution in [0.4, 0.5) is 5.69 Å². The highest BCUT2D eigenvalue weighted by Crippen LogP contribution is 2.30. The number of hydrogen-bond acceptors (Lipinski definition) is 3. The highest BCUT2D eigenvalue weighted by molar-refractivity contribution is 5.64. The minimum absolute atomic E-state index is 0.453. The van der Waals surface area contributed by atoms with Crippen molar-refractivity contribution >= 4 is 5.69 Å². The Kier molecular flexibility index (Phi) is 6.96. The summed E-state index contributed by atoms with van der Waals surface area (Å²) in [6.07, 6.45) is 2.15. The van der Waals surface area contributed by atoms with Gasteiger partial charge in [0.2, 0.25) is 0 Å². The Morgan fingerprint density at radius 3 is 2.37 bits per heavy atom. The van der Waals surface area contributed by atoms with Crippen LogP contribution in [-0.2, 0) is 6.42 Å². The Hall–Kier alpha value is -2.62. The van der Waals surface area contributed by atoms with Crippen molar-refractivity contribution in [2.45, 2.75) is 73.3 Å². The third-order valence-corrected chi connectivity index (χ3v) is 5.74. The molecule has 1 heterocycles. The lowest BCUT2D eigenvalue weighted by Crippen LogP contribution is -2.32. The number of hydrogen-bond donors (Lipinski definition) is 0. The van der Waals surface area contributed by atoms with Crippen LogP contribution in [0, 0.1) is 6.92 Å². The SMILES string of the molecule is CCCN(c1cc(-n2c(C)nnc2-c2cccc(C(C)C)c2)ccc1CC)C(C)C. The smallest absolute Gasteiger partial charge is 0.168 e. The van der Waals surface area contributed by atoms with Crippen LogP contribution in [-0.4, -0.2) is 27.4 Å². The molecule has 1 aromatic heterocycles. The molecule has 0 bridgehead atoms. The number of aryl methyl sites for hydroxylation is 2. The quantitative estimate of drug-likeness (QED) is 0.427. The predicted octanol–water partition coefficient (Wildman–Crippen LogP) is 6.55. The molecule has 0 atom stereocenters. The molecular weight excluding hydrogens is 368 g/mol. The Morgan fingerprint density at radius 2 is 1.73 bits per heavy atom. The van der Waals surface area contributed by atoms with E-state index in [-0.39, 0.29) is 0 Å². The molecule has 4 heteroatoms. The van der Waals surface area contributed by atoms with Crippen LogP contribution < -0.4 is 4.90 Å². The molecule has 0 aliphatic rings. The summed E-state index contributed by atoms with van der Waals surface area (Å²) in [7, 11) is 0. The first-order chi connectivity index (χ1) is 14.4. The van der Waals surface area contributed by atoms with Crippen LogP contribution in [0.15, 0.2) is 42.5 Å². The zero-order valence-electron chi connectivity index (χ0n) is 19.6. The van der Waals surface area contributed by atoms with Crippen LogP contribution >= 0.6 is 0 Å². The molecule has 0 N–H and O–H groups in total. The van der Waals surface area contributed by atoms with Crippen molar-refractivity contribution in [3.05, 3.63) is 59.4 Å². The largest absolute Gasteiger partial charge is 0.369 e. The number of nitrogens with zero attached hydrogens (tertiary/aromatic N) is 4. The number of benzene rings is 2. The van der Waals surface area contributed by atoms with E-state index in [4.69, 9.17) is 0 Å². The van der Waals surface area contributed by atoms with Crippen molar-refractivity contribution < 1.29 is 0 Å². The Morgan fingerprint density at radius 1 is 0.967 bits per heavy atom. The molecule has 0 unspecified atom stereocenters. The van der Waals surface area contributed by atoms with Crippen molar-refractivity contribution in [2.75, 3.05) is 11.4 Å². The van der Waals surface area contributed by atoms with Crippen molar-refractivity contribution in [3.8, 4) is 17.1 Å². The molecule has 2 aromatic carbocycles. The van der Waals surface area contributed by atoms with Gasteiger partial charge in [-0.05, 0) is 68.9 Å². The Labute approximate surface area is 182 Å². The molecule has 0 amide bonds. The molecule has 0 saturated heterocycles. The first-order valence-electron chi connectivity index (χ1n) is 11.3. The normalized spacial score (nSPS) is 11.5. The van der Waals surface area contributed by atoms with Crippen molar-refractivity contribution in [2.24, 2.45) is 0 Å². The van der Waals surface area contributed by atoms with E-state index >= 15 is 0 Å². The second-order valence-electron chi connectivity index (χ2n) is 8.64. The van der Waals surface area contributed by atoms with Gasteiger partial charge in [0.25, 0.3) is 0 Å². The summed E-state index contributed by atoms with van der Waals surface area (Å²) in [6.45, 7) is 16.5. The van der Waals surface area contributed by atoms with E-state index in [1.54, 1.807) is 0 Å². The molecule has 0 radical (unpaired) electrons. The van der Waals surface area contributed by atoms with Gasteiger partial charge in [-0.2, -0.15) is 0 Å². The van der Waals surface area contributed by atoms with Gasteiger partial charge in [0.15, 0.2) is 5.82 Å². The third kappa shape index (κ3) is 4.43. The van der Waals surface area contributed by atoms with Crippen LogP contribution in [0.3, 0.4) is 0 Å². The van der Waals surface area contributed by atoms with Gasteiger partial charge < -0.3 is 4.90 Å². The topological polar surface area (TPSA) is 34.0 Å². The first-order valence-corrected chi connectivity index (χ1v) is 11.3. The van der Waals surface area contributed by atoms with Gasteiger partial charge in [-0.15, -0.1) is 10.2 Å². The van der Waals surface area contributed by atoms with E-state index in [0.717, 1.165) is 42.3 Å². The second-order valence-corrected chi connectivity index (χ2v) is 8.64. The lowest BCUT2D eigenvalue weighted by molar-refractivity contribution is 0.667. The average Bonchev–Trinajstić information content (AvgIpc) is 3.12. The molecule has 0 saturated carbocycles. The summed E-state index contributed by atoms with van der Waals surface area (Å²) < 4.78 is 2.19. The minimum atomic E-state index is 0.453. The number of rotatable bonds is 8. The van der Waals surface area contributed by atoms with Gasteiger partial charge in [0.1, 0.15) is 5.82 Å². The van der Waals surface area contributed by atoms with Gasteiger partial charge in [0.05, 0.1) is 5.69 Å². The highest BCUT2D eigenvalue weighted by atomic mass is 15.3. The van der Waals surface area contributed by atoms with Gasteiger partial charge in [-0.1, -0.05) is 52.0 Å².